The molecule has 0 fully saturated rings. The molecule has 0 heterocycles. The molecule has 2 aromatic carbocycles. The number of hydrogen-bond donors (Lipinski definition) is 0. The molecule has 2 aromatic rings. The fourth-order valence-corrected chi connectivity index (χ4v) is 2.43. The third-order valence-corrected chi connectivity index (χ3v) is 3.85. The summed E-state index contributed by atoms with van der Waals surface area (Å²) in [6, 6.07) is 13.3. The first kappa shape index (κ1) is 20.3. The summed E-state index contributed by atoms with van der Waals surface area (Å²) < 4.78 is 31.5. The number of rotatable bonds is 9. The summed E-state index contributed by atoms with van der Waals surface area (Å²) in [6.07, 6.45) is 0.181. The van der Waals surface area contributed by atoms with E-state index in [9.17, 15) is 13.6 Å². The molecule has 5 nitrogen and oxygen atoms in total. The summed E-state index contributed by atoms with van der Waals surface area (Å²) in [5, 5.41) is 8.81. The van der Waals surface area contributed by atoms with Crippen LogP contribution in [-0.2, 0) is 4.79 Å². The van der Waals surface area contributed by atoms with Crippen molar-refractivity contribution in [1.29, 1.82) is 5.26 Å². The van der Waals surface area contributed by atoms with Gasteiger partial charge in [-0.1, -0.05) is 0 Å². The van der Waals surface area contributed by atoms with Crippen LogP contribution in [0.3, 0.4) is 0 Å². The Kier molecular flexibility index (Phi) is 7.71. The van der Waals surface area contributed by atoms with E-state index in [0.29, 0.717) is 24.6 Å². The zero-order valence-corrected chi connectivity index (χ0v) is 15.1. The molecule has 0 spiro atoms. The SMILES string of the molecule is CN(CCOc1ccc(F)cc1)CC(=O)N(CCC#N)c1ccc(F)cc1. The zero-order valence-electron chi connectivity index (χ0n) is 15.1. The Balaban J connectivity index is 1.88. The molecule has 0 aliphatic carbocycles. The van der Waals surface area contributed by atoms with Crippen LogP contribution in [0.15, 0.2) is 48.5 Å². The number of halogens is 2. The van der Waals surface area contributed by atoms with Crippen molar-refractivity contribution in [3.63, 3.8) is 0 Å². The molecule has 2 rings (SSSR count). The highest BCUT2D eigenvalue weighted by atomic mass is 19.1. The zero-order chi connectivity index (χ0) is 19.6. The van der Waals surface area contributed by atoms with Crippen molar-refractivity contribution in [1.82, 2.24) is 4.90 Å². The largest absolute Gasteiger partial charge is 0.492 e. The second kappa shape index (κ2) is 10.2. The Morgan fingerprint density at radius 1 is 1.04 bits per heavy atom. The molecule has 0 unspecified atom stereocenters. The third-order valence-electron chi connectivity index (χ3n) is 3.85. The number of anilines is 1. The normalized spacial score (nSPS) is 10.5. The van der Waals surface area contributed by atoms with Gasteiger partial charge in [0, 0.05) is 18.8 Å². The lowest BCUT2D eigenvalue weighted by atomic mass is 10.2. The highest BCUT2D eigenvalue weighted by molar-refractivity contribution is 5.94. The maximum absolute atomic E-state index is 13.1. The Morgan fingerprint density at radius 3 is 2.22 bits per heavy atom. The maximum atomic E-state index is 13.1. The predicted molar refractivity (Wildman–Crippen MR) is 98.4 cm³/mol. The smallest absolute Gasteiger partial charge is 0.241 e. The molecule has 0 N–H and O–H groups in total. The van der Waals surface area contributed by atoms with Crippen molar-refractivity contribution < 1.29 is 18.3 Å². The van der Waals surface area contributed by atoms with Gasteiger partial charge >= 0.3 is 0 Å². The van der Waals surface area contributed by atoms with E-state index in [4.69, 9.17) is 10.00 Å². The van der Waals surface area contributed by atoms with Gasteiger partial charge in [-0.05, 0) is 55.6 Å². The number of carbonyl (C=O) groups excluding carboxylic acids is 1. The minimum Gasteiger partial charge on any atom is -0.492 e. The molecule has 0 saturated heterocycles. The topological polar surface area (TPSA) is 56.6 Å². The quantitative estimate of drug-likeness (QED) is 0.677. The lowest BCUT2D eigenvalue weighted by Crippen LogP contribution is -2.40. The maximum Gasteiger partial charge on any atom is 0.241 e. The summed E-state index contributed by atoms with van der Waals surface area (Å²) in [6.45, 7) is 1.18. The molecule has 0 aromatic heterocycles. The third kappa shape index (κ3) is 6.68. The number of nitriles is 1. The second-order valence-electron chi connectivity index (χ2n) is 5.97. The van der Waals surface area contributed by atoms with Crippen molar-refractivity contribution in [2.75, 3.05) is 38.2 Å². The van der Waals surface area contributed by atoms with Crippen LogP contribution in [0.5, 0.6) is 5.75 Å². The predicted octanol–water partition coefficient (Wildman–Crippen LogP) is 3.22. The van der Waals surface area contributed by atoms with Gasteiger partial charge in [0.15, 0.2) is 0 Å². The number of benzene rings is 2. The standard InChI is InChI=1S/C20H21F2N3O2/c1-24(13-14-27-19-9-5-17(22)6-10-19)15-20(26)25(12-2-11-23)18-7-3-16(21)4-8-18/h3-10H,2,12-15H2,1H3. The molecule has 0 aliphatic rings. The van der Waals surface area contributed by atoms with E-state index >= 15 is 0 Å². The van der Waals surface area contributed by atoms with Crippen LogP contribution < -0.4 is 9.64 Å². The Labute approximate surface area is 157 Å². The highest BCUT2D eigenvalue weighted by Crippen LogP contribution is 2.16. The number of ether oxygens (including phenoxy) is 1. The van der Waals surface area contributed by atoms with Gasteiger partial charge in [0.1, 0.15) is 24.0 Å². The van der Waals surface area contributed by atoms with Crippen LogP contribution in [0.1, 0.15) is 6.42 Å². The van der Waals surface area contributed by atoms with E-state index in [1.165, 1.54) is 41.3 Å². The van der Waals surface area contributed by atoms with E-state index in [1.54, 1.807) is 24.1 Å². The second-order valence-corrected chi connectivity index (χ2v) is 5.97. The number of hydrogen-bond acceptors (Lipinski definition) is 4. The minimum absolute atomic E-state index is 0.121. The lowest BCUT2D eigenvalue weighted by Gasteiger charge is -2.25. The molecule has 0 aliphatic heterocycles. The molecule has 1 amide bonds. The van der Waals surface area contributed by atoms with Crippen molar-refractivity contribution in [3.8, 4) is 11.8 Å². The van der Waals surface area contributed by atoms with Crippen molar-refractivity contribution in [2.24, 2.45) is 0 Å². The fraction of sp³-hybridized carbons (Fsp3) is 0.300. The monoisotopic (exact) mass is 373 g/mol. The van der Waals surface area contributed by atoms with E-state index < -0.39 is 0 Å². The van der Waals surface area contributed by atoms with Crippen molar-refractivity contribution in [3.05, 3.63) is 60.2 Å². The van der Waals surface area contributed by atoms with Crippen LogP contribution >= 0.6 is 0 Å². The molecular formula is C20H21F2N3O2. The number of nitrogens with zero attached hydrogens (tertiary/aromatic N) is 3. The van der Waals surface area contributed by atoms with E-state index in [0.717, 1.165) is 0 Å². The van der Waals surface area contributed by atoms with Gasteiger partial charge in [0.25, 0.3) is 0 Å². The molecular weight excluding hydrogens is 352 g/mol. The van der Waals surface area contributed by atoms with Gasteiger partial charge in [-0.25, -0.2) is 8.78 Å². The van der Waals surface area contributed by atoms with Gasteiger partial charge in [-0.3, -0.25) is 9.69 Å². The molecule has 27 heavy (non-hydrogen) atoms. The molecule has 0 atom stereocenters. The number of carbonyl (C=O) groups is 1. The van der Waals surface area contributed by atoms with Crippen LogP contribution in [-0.4, -0.2) is 44.1 Å². The fourth-order valence-electron chi connectivity index (χ4n) is 2.43. The number of likely N-dealkylation sites (N-methyl/N-ethyl adjacent to an activating group) is 1. The molecule has 7 heteroatoms. The van der Waals surface area contributed by atoms with Crippen LogP contribution in [0.4, 0.5) is 14.5 Å². The first-order chi connectivity index (χ1) is 13.0. The van der Waals surface area contributed by atoms with Gasteiger partial charge in [-0.2, -0.15) is 5.26 Å². The molecule has 0 saturated carbocycles. The van der Waals surface area contributed by atoms with E-state index in [2.05, 4.69) is 0 Å². The molecule has 0 bridgehead atoms. The van der Waals surface area contributed by atoms with Gasteiger partial charge < -0.3 is 9.64 Å². The Bertz CT molecular complexity index is 773. The van der Waals surface area contributed by atoms with Gasteiger partial charge in [0.2, 0.25) is 5.91 Å². The number of amides is 1. The summed E-state index contributed by atoms with van der Waals surface area (Å²) in [5.41, 5.74) is 0.549. The van der Waals surface area contributed by atoms with E-state index in [1.807, 2.05) is 6.07 Å². The van der Waals surface area contributed by atoms with Gasteiger partial charge in [0.05, 0.1) is 19.0 Å². The van der Waals surface area contributed by atoms with Crippen molar-refractivity contribution in [2.45, 2.75) is 6.42 Å². The average Bonchev–Trinajstić information content (AvgIpc) is 2.65. The van der Waals surface area contributed by atoms with E-state index in [-0.39, 0.29) is 37.1 Å². The first-order valence-electron chi connectivity index (χ1n) is 8.49. The summed E-state index contributed by atoms with van der Waals surface area (Å²) in [5.74, 6) is -0.357. The first-order valence-corrected chi connectivity index (χ1v) is 8.49. The van der Waals surface area contributed by atoms with Crippen LogP contribution in [0, 0.1) is 23.0 Å². The Morgan fingerprint density at radius 2 is 1.63 bits per heavy atom. The van der Waals surface area contributed by atoms with Gasteiger partial charge in [-0.15, -0.1) is 0 Å². The molecule has 0 radical (unpaired) electrons. The van der Waals surface area contributed by atoms with Crippen LogP contribution in [0.25, 0.3) is 0 Å². The average molecular weight is 373 g/mol. The highest BCUT2D eigenvalue weighted by Gasteiger charge is 2.17. The summed E-state index contributed by atoms with van der Waals surface area (Å²) in [7, 11) is 1.78. The summed E-state index contributed by atoms with van der Waals surface area (Å²) in [4.78, 5) is 15.9. The minimum atomic E-state index is -0.388. The Hall–Kier alpha value is -2.98. The summed E-state index contributed by atoms with van der Waals surface area (Å²) >= 11 is 0. The molecule has 142 valence electrons. The van der Waals surface area contributed by atoms with Crippen LogP contribution in [0.2, 0.25) is 0 Å². The van der Waals surface area contributed by atoms with Crippen molar-refractivity contribution >= 4 is 11.6 Å². The lowest BCUT2D eigenvalue weighted by molar-refractivity contribution is -0.119.